The van der Waals surface area contributed by atoms with Gasteiger partial charge in [-0.15, -0.1) is 24.8 Å². The molecule has 2 aliphatic rings. The lowest BCUT2D eigenvalue weighted by atomic mass is 9.88. The van der Waals surface area contributed by atoms with Gasteiger partial charge < -0.3 is 14.5 Å². The van der Waals surface area contributed by atoms with E-state index in [2.05, 4.69) is 16.8 Å². The molecule has 4 rings (SSSR count). The van der Waals surface area contributed by atoms with E-state index in [9.17, 15) is 4.79 Å². The van der Waals surface area contributed by atoms with Crippen LogP contribution in [0.25, 0.3) is 0 Å². The van der Waals surface area contributed by atoms with Crippen molar-refractivity contribution in [2.24, 2.45) is 0 Å². The van der Waals surface area contributed by atoms with Gasteiger partial charge in [-0.2, -0.15) is 0 Å². The first kappa shape index (κ1) is 25.9. The minimum absolute atomic E-state index is 0. The molecule has 1 atom stereocenters. The number of amides is 1. The number of hydrogen-bond acceptors (Lipinski definition) is 4. The number of hydrogen-bond donors (Lipinski definition) is 0. The van der Waals surface area contributed by atoms with E-state index in [1.807, 2.05) is 47.4 Å². The van der Waals surface area contributed by atoms with E-state index in [4.69, 9.17) is 16.3 Å². The number of aromatic nitrogens is 1. The van der Waals surface area contributed by atoms with Crippen LogP contribution in [0.15, 0.2) is 48.7 Å². The molecule has 0 radical (unpaired) electrons. The number of piperidine rings is 1. The van der Waals surface area contributed by atoms with Gasteiger partial charge in [-0.1, -0.05) is 29.8 Å². The standard InChI is InChI=1S/C23H28ClN3O2.2ClH/c1-18-16-27(22(28)19-5-3-2-4-6-19)17-23(29-18)10-13-26(14-11-23)12-9-21-8-7-20(24)15-25-21;;/h2-8,15,18H,9-14,16-17H2,1H3;2*1H. The Hall–Kier alpha value is -1.37. The van der Waals surface area contributed by atoms with Crippen LogP contribution in [0.1, 0.15) is 35.8 Å². The quantitative estimate of drug-likeness (QED) is 0.637. The van der Waals surface area contributed by atoms with Gasteiger partial charge >= 0.3 is 0 Å². The van der Waals surface area contributed by atoms with Crippen molar-refractivity contribution in [2.45, 2.75) is 37.9 Å². The molecule has 2 fully saturated rings. The molecule has 31 heavy (non-hydrogen) atoms. The molecular weight excluding hydrogens is 457 g/mol. The number of carbonyl (C=O) groups excluding carboxylic acids is 1. The van der Waals surface area contributed by atoms with Crippen LogP contribution >= 0.6 is 36.4 Å². The van der Waals surface area contributed by atoms with E-state index in [0.717, 1.165) is 50.2 Å². The summed E-state index contributed by atoms with van der Waals surface area (Å²) >= 11 is 5.91. The van der Waals surface area contributed by atoms with Crippen molar-refractivity contribution < 1.29 is 9.53 Å². The molecule has 0 aliphatic carbocycles. The van der Waals surface area contributed by atoms with Crippen molar-refractivity contribution in [3.63, 3.8) is 0 Å². The van der Waals surface area contributed by atoms with Crippen LogP contribution in [0.3, 0.4) is 0 Å². The maximum Gasteiger partial charge on any atom is 0.254 e. The normalized spacial score (nSPS) is 20.6. The number of carbonyl (C=O) groups is 1. The Bertz CT molecular complexity index is 828. The number of ether oxygens (including phenoxy) is 1. The Morgan fingerprint density at radius 3 is 2.52 bits per heavy atom. The topological polar surface area (TPSA) is 45.7 Å². The predicted octanol–water partition coefficient (Wildman–Crippen LogP) is 4.52. The third-order valence-corrected chi connectivity index (χ3v) is 6.18. The first-order valence-corrected chi connectivity index (χ1v) is 10.8. The molecule has 1 spiro atoms. The average Bonchev–Trinajstić information content (AvgIpc) is 2.74. The lowest BCUT2D eigenvalue weighted by molar-refractivity contribution is -0.161. The van der Waals surface area contributed by atoms with Crippen molar-refractivity contribution in [3.8, 4) is 0 Å². The maximum atomic E-state index is 13.0. The maximum absolute atomic E-state index is 13.0. The van der Waals surface area contributed by atoms with E-state index in [1.165, 1.54) is 0 Å². The Morgan fingerprint density at radius 2 is 1.87 bits per heavy atom. The number of rotatable bonds is 4. The van der Waals surface area contributed by atoms with Gasteiger partial charge in [0.1, 0.15) is 0 Å². The molecule has 8 heteroatoms. The highest BCUT2D eigenvalue weighted by atomic mass is 35.5. The number of benzene rings is 1. The fourth-order valence-electron chi connectivity index (χ4n) is 4.43. The van der Waals surface area contributed by atoms with Gasteiger partial charge in [0.15, 0.2) is 0 Å². The Labute approximate surface area is 201 Å². The van der Waals surface area contributed by atoms with Crippen LogP contribution in [0, 0.1) is 0 Å². The van der Waals surface area contributed by atoms with E-state index < -0.39 is 0 Å². The summed E-state index contributed by atoms with van der Waals surface area (Å²) < 4.78 is 6.41. The minimum Gasteiger partial charge on any atom is -0.368 e. The number of pyridine rings is 1. The zero-order chi connectivity index (χ0) is 20.3. The highest BCUT2D eigenvalue weighted by Gasteiger charge is 2.43. The number of halogens is 3. The molecular formula is C23H30Cl3N3O2. The molecule has 1 unspecified atom stereocenters. The van der Waals surface area contributed by atoms with Gasteiger partial charge in [-0.25, -0.2) is 0 Å². The van der Waals surface area contributed by atoms with E-state index in [1.54, 1.807) is 6.20 Å². The van der Waals surface area contributed by atoms with Crippen LogP contribution in [-0.4, -0.2) is 65.1 Å². The Morgan fingerprint density at radius 1 is 1.16 bits per heavy atom. The minimum atomic E-state index is -0.225. The first-order chi connectivity index (χ1) is 14.0. The molecule has 0 saturated carbocycles. The molecule has 3 heterocycles. The summed E-state index contributed by atoms with van der Waals surface area (Å²) in [7, 11) is 0. The average molecular weight is 487 g/mol. The smallest absolute Gasteiger partial charge is 0.254 e. The predicted molar refractivity (Wildman–Crippen MR) is 129 cm³/mol. The summed E-state index contributed by atoms with van der Waals surface area (Å²) in [6.07, 6.45) is 4.58. The summed E-state index contributed by atoms with van der Waals surface area (Å²) in [6.45, 7) is 6.35. The van der Waals surface area contributed by atoms with Gasteiger partial charge in [0.05, 0.1) is 23.3 Å². The summed E-state index contributed by atoms with van der Waals surface area (Å²) in [5.74, 6) is 0.108. The van der Waals surface area contributed by atoms with Crippen LogP contribution in [-0.2, 0) is 11.2 Å². The molecule has 2 aromatic rings. The molecule has 170 valence electrons. The second-order valence-electron chi connectivity index (χ2n) is 8.22. The van der Waals surface area contributed by atoms with E-state index in [0.29, 0.717) is 18.1 Å². The SMILES string of the molecule is CC1CN(C(=O)c2ccccc2)CC2(CCN(CCc3ccc(Cl)cn3)CC2)O1.Cl.Cl. The van der Waals surface area contributed by atoms with Gasteiger partial charge in [0.25, 0.3) is 5.91 Å². The zero-order valence-electron chi connectivity index (χ0n) is 17.7. The van der Waals surface area contributed by atoms with Crippen LogP contribution < -0.4 is 0 Å². The second kappa shape index (κ2) is 11.5. The fourth-order valence-corrected chi connectivity index (χ4v) is 4.54. The molecule has 0 N–H and O–H groups in total. The number of morpholine rings is 1. The van der Waals surface area contributed by atoms with E-state index >= 15 is 0 Å². The monoisotopic (exact) mass is 485 g/mol. The van der Waals surface area contributed by atoms with Crippen molar-refractivity contribution in [1.29, 1.82) is 0 Å². The van der Waals surface area contributed by atoms with Crippen LogP contribution in [0.5, 0.6) is 0 Å². The molecule has 2 saturated heterocycles. The third-order valence-electron chi connectivity index (χ3n) is 5.96. The summed E-state index contributed by atoms with van der Waals surface area (Å²) in [5, 5.41) is 0.673. The Balaban J connectivity index is 0.00000171. The number of likely N-dealkylation sites (tertiary alicyclic amines) is 1. The fraction of sp³-hybridized carbons (Fsp3) is 0.478. The van der Waals surface area contributed by atoms with Crippen molar-refractivity contribution in [1.82, 2.24) is 14.8 Å². The molecule has 2 aliphatic heterocycles. The lowest BCUT2D eigenvalue weighted by Crippen LogP contribution is -2.60. The summed E-state index contributed by atoms with van der Waals surface area (Å²) in [5.41, 5.74) is 1.60. The van der Waals surface area contributed by atoms with Crippen LogP contribution in [0.2, 0.25) is 5.02 Å². The first-order valence-electron chi connectivity index (χ1n) is 10.4. The summed E-state index contributed by atoms with van der Waals surface area (Å²) in [4.78, 5) is 21.8. The number of nitrogens with zero attached hydrogens (tertiary/aromatic N) is 3. The van der Waals surface area contributed by atoms with Gasteiger partial charge in [0, 0.05) is 50.1 Å². The van der Waals surface area contributed by atoms with Gasteiger partial charge in [-0.05, 0) is 44.0 Å². The van der Waals surface area contributed by atoms with Gasteiger partial charge in [-0.3, -0.25) is 9.78 Å². The van der Waals surface area contributed by atoms with Crippen molar-refractivity contribution >= 4 is 42.3 Å². The van der Waals surface area contributed by atoms with Crippen LogP contribution in [0.4, 0.5) is 0 Å². The van der Waals surface area contributed by atoms with Crippen molar-refractivity contribution in [3.05, 3.63) is 64.9 Å². The largest absolute Gasteiger partial charge is 0.368 e. The zero-order valence-corrected chi connectivity index (χ0v) is 20.1. The second-order valence-corrected chi connectivity index (χ2v) is 8.66. The van der Waals surface area contributed by atoms with E-state index in [-0.39, 0.29) is 42.4 Å². The molecule has 5 nitrogen and oxygen atoms in total. The molecule has 1 amide bonds. The lowest BCUT2D eigenvalue weighted by Gasteiger charge is -2.49. The van der Waals surface area contributed by atoms with Gasteiger partial charge in [0.2, 0.25) is 0 Å². The molecule has 1 aromatic heterocycles. The summed E-state index contributed by atoms with van der Waals surface area (Å²) in [6, 6.07) is 13.4. The Kier molecular flexibility index (Phi) is 9.59. The molecule has 1 aromatic carbocycles. The highest BCUT2D eigenvalue weighted by molar-refractivity contribution is 6.30. The highest BCUT2D eigenvalue weighted by Crippen LogP contribution is 2.33. The molecule has 0 bridgehead atoms. The van der Waals surface area contributed by atoms with Crippen molar-refractivity contribution in [2.75, 3.05) is 32.7 Å². The third kappa shape index (κ3) is 6.56.